The molecule has 1 aromatic heterocycles. The van der Waals surface area contributed by atoms with Crippen LogP contribution in [0.2, 0.25) is 0 Å². The van der Waals surface area contributed by atoms with Crippen LogP contribution in [-0.2, 0) is 9.53 Å². The molecule has 0 bridgehead atoms. The number of methoxy groups -OCH3 is 1. The van der Waals surface area contributed by atoms with E-state index in [1.54, 1.807) is 12.0 Å². The van der Waals surface area contributed by atoms with Crippen molar-refractivity contribution in [2.75, 3.05) is 39.9 Å². The zero-order valence-electron chi connectivity index (χ0n) is 13.6. The summed E-state index contributed by atoms with van der Waals surface area (Å²) in [4.78, 5) is 36.2. The molecule has 23 heavy (non-hydrogen) atoms. The molecule has 1 aromatic rings. The SMILES string of the molecule is COCCCN(CCC(=O)N1CCCC1)C(=O)c1cnccn1. The highest BCUT2D eigenvalue weighted by atomic mass is 16.5. The van der Waals surface area contributed by atoms with Gasteiger partial charge in [-0.25, -0.2) is 4.98 Å². The highest BCUT2D eigenvalue weighted by molar-refractivity contribution is 5.92. The van der Waals surface area contributed by atoms with E-state index in [1.165, 1.54) is 18.6 Å². The molecule has 0 aromatic carbocycles. The third kappa shape index (κ3) is 5.28. The van der Waals surface area contributed by atoms with Crippen molar-refractivity contribution in [3.05, 3.63) is 24.3 Å². The average Bonchev–Trinajstić information content (AvgIpc) is 3.12. The summed E-state index contributed by atoms with van der Waals surface area (Å²) in [6, 6.07) is 0. The smallest absolute Gasteiger partial charge is 0.274 e. The quantitative estimate of drug-likeness (QED) is 0.667. The number of likely N-dealkylation sites (tertiary alicyclic amines) is 1. The van der Waals surface area contributed by atoms with Gasteiger partial charge in [-0.05, 0) is 19.3 Å². The third-order valence-electron chi connectivity index (χ3n) is 3.90. The molecule has 1 aliphatic rings. The Balaban J connectivity index is 1.93. The molecule has 1 aliphatic heterocycles. The number of aromatic nitrogens is 2. The van der Waals surface area contributed by atoms with E-state index in [9.17, 15) is 9.59 Å². The highest BCUT2D eigenvalue weighted by Gasteiger charge is 2.21. The van der Waals surface area contributed by atoms with Crippen LogP contribution in [0.3, 0.4) is 0 Å². The van der Waals surface area contributed by atoms with Gasteiger partial charge in [-0.2, -0.15) is 0 Å². The topological polar surface area (TPSA) is 75.6 Å². The molecule has 126 valence electrons. The van der Waals surface area contributed by atoms with Crippen molar-refractivity contribution in [3.8, 4) is 0 Å². The minimum Gasteiger partial charge on any atom is -0.385 e. The van der Waals surface area contributed by atoms with Crippen LogP contribution in [0.5, 0.6) is 0 Å². The number of carbonyl (C=O) groups excluding carboxylic acids is 2. The van der Waals surface area contributed by atoms with Gasteiger partial charge < -0.3 is 14.5 Å². The maximum Gasteiger partial charge on any atom is 0.274 e. The first-order chi connectivity index (χ1) is 11.2. The summed E-state index contributed by atoms with van der Waals surface area (Å²) in [5.41, 5.74) is 0.304. The monoisotopic (exact) mass is 320 g/mol. The van der Waals surface area contributed by atoms with Gasteiger partial charge in [0.2, 0.25) is 5.91 Å². The van der Waals surface area contributed by atoms with Gasteiger partial charge in [0.15, 0.2) is 0 Å². The third-order valence-corrected chi connectivity index (χ3v) is 3.90. The lowest BCUT2D eigenvalue weighted by Crippen LogP contribution is -2.37. The zero-order valence-corrected chi connectivity index (χ0v) is 13.6. The normalized spacial score (nSPS) is 14.0. The first kappa shape index (κ1) is 17.3. The predicted molar refractivity (Wildman–Crippen MR) is 84.9 cm³/mol. The fraction of sp³-hybridized carbons (Fsp3) is 0.625. The number of hydrogen-bond donors (Lipinski definition) is 0. The van der Waals surface area contributed by atoms with Gasteiger partial charge in [-0.15, -0.1) is 0 Å². The van der Waals surface area contributed by atoms with E-state index < -0.39 is 0 Å². The fourth-order valence-electron chi connectivity index (χ4n) is 2.64. The number of ether oxygens (including phenoxy) is 1. The molecule has 7 heteroatoms. The van der Waals surface area contributed by atoms with Gasteiger partial charge in [0.1, 0.15) is 5.69 Å². The number of carbonyl (C=O) groups is 2. The molecule has 0 atom stereocenters. The van der Waals surface area contributed by atoms with E-state index in [-0.39, 0.29) is 11.8 Å². The second kappa shape index (κ2) is 9.19. The molecule has 7 nitrogen and oxygen atoms in total. The fourth-order valence-corrected chi connectivity index (χ4v) is 2.64. The van der Waals surface area contributed by atoms with Crippen molar-refractivity contribution in [2.24, 2.45) is 0 Å². The van der Waals surface area contributed by atoms with E-state index in [0.29, 0.717) is 31.8 Å². The molecule has 2 rings (SSSR count). The maximum atomic E-state index is 12.5. The summed E-state index contributed by atoms with van der Waals surface area (Å²) < 4.78 is 5.04. The standard InChI is InChI=1S/C16H24N4O3/c1-23-12-4-10-20(16(22)14-13-17-6-7-18-14)11-5-15(21)19-8-2-3-9-19/h6-7,13H,2-5,8-12H2,1H3. The number of amides is 2. The number of nitrogens with zero attached hydrogens (tertiary/aromatic N) is 4. The Labute approximate surface area is 136 Å². The van der Waals surface area contributed by atoms with E-state index in [2.05, 4.69) is 9.97 Å². The molecular formula is C16H24N4O3. The minimum absolute atomic E-state index is 0.117. The molecule has 1 fully saturated rings. The minimum atomic E-state index is -0.191. The molecule has 0 unspecified atom stereocenters. The van der Waals surface area contributed by atoms with Crippen molar-refractivity contribution >= 4 is 11.8 Å². The van der Waals surface area contributed by atoms with Gasteiger partial charge in [0.25, 0.3) is 5.91 Å². The summed E-state index contributed by atoms with van der Waals surface area (Å²) >= 11 is 0. The van der Waals surface area contributed by atoms with Gasteiger partial charge in [0.05, 0.1) is 6.20 Å². The van der Waals surface area contributed by atoms with Crippen molar-refractivity contribution in [1.82, 2.24) is 19.8 Å². The Morgan fingerprint density at radius 2 is 2.04 bits per heavy atom. The van der Waals surface area contributed by atoms with Crippen LogP contribution >= 0.6 is 0 Å². The second-order valence-corrected chi connectivity index (χ2v) is 5.57. The largest absolute Gasteiger partial charge is 0.385 e. The molecule has 0 radical (unpaired) electrons. The summed E-state index contributed by atoms with van der Waals surface area (Å²) in [6.45, 7) is 3.18. The molecule has 0 N–H and O–H groups in total. The molecule has 0 saturated carbocycles. The number of hydrogen-bond acceptors (Lipinski definition) is 5. The van der Waals surface area contributed by atoms with Crippen molar-refractivity contribution in [3.63, 3.8) is 0 Å². The van der Waals surface area contributed by atoms with Gasteiger partial charge in [-0.3, -0.25) is 14.6 Å². The van der Waals surface area contributed by atoms with Gasteiger partial charge in [0, 0.05) is 58.7 Å². The number of rotatable bonds is 8. The van der Waals surface area contributed by atoms with Crippen molar-refractivity contribution in [1.29, 1.82) is 0 Å². The Hall–Kier alpha value is -2.02. The first-order valence-corrected chi connectivity index (χ1v) is 8.04. The van der Waals surface area contributed by atoms with E-state index in [4.69, 9.17) is 4.74 Å². The van der Waals surface area contributed by atoms with Crippen molar-refractivity contribution < 1.29 is 14.3 Å². The van der Waals surface area contributed by atoms with Gasteiger partial charge >= 0.3 is 0 Å². The van der Waals surface area contributed by atoms with E-state index in [1.807, 2.05) is 4.90 Å². The molecule has 1 saturated heterocycles. The van der Waals surface area contributed by atoms with E-state index in [0.717, 1.165) is 32.4 Å². The van der Waals surface area contributed by atoms with Crippen molar-refractivity contribution in [2.45, 2.75) is 25.7 Å². The van der Waals surface area contributed by atoms with Crippen LogP contribution in [0.15, 0.2) is 18.6 Å². The molecule has 2 heterocycles. The zero-order chi connectivity index (χ0) is 16.5. The van der Waals surface area contributed by atoms with Gasteiger partial charge in [-0.1, -0.05) is 0 Å². The lowest BCUT2D eigenvalue weighted by atomic mass is 10.2. The lowest BCUT2D eigenvalue weighted by Gasteiger charge is -2.23. The molecule has 0 aliphatic carbocycles. The van der Waals surface area contributed by atoms with Crippen LogP contribution in [0.1, 0.15) is 36.2 Å². The summed E-state index contributed by atoms with van der Waals surface area (Å²) in [5, 5.41) is 0. The van der Waals surface area contributed by atoms with E-state index >= 15 is 0 Å². The summed E-state index contributed by atoms with van der Waals surface area (Å²) in [7, 11) is 1.63. The molecule has 0 spiro atoms. The summed E-state index contributed by atoms with van der Waals surface area (Å²) in [6.07, 6.45) is 7.69. The van der Waals surface area contributed by atoms with Crippen LogP contribution in [0.25, 0.3) is 0 Å². The predicted octanol–water partition coefficient (Wildman–Crippen LogP) is 0.968. The van der Waals surface area contributed by atoms with Crippen LogP contribution in [0.4, 0.5) is 0 Å². The Bertz CT molecular complexity index is 503. The first-order valence-electron chi connectivity index (χ1n) is 8.04. The van der Waals surface area contributed by atoms with Crippen LogP contribution in [-0.4, -0.2) is 71.5 Å². The Morgan fingerprint density at radius 1 is 1.26 bits per heavy atom. The highest BCUT2D eigenvalue weighted by Crippen LogP contribution is 2.10. The second-order valence-electron chi connectivity index (χ2n) is 5.57. The maximum absolute atomic E-state index is 12.5. The van der Waals surface area contributed by atoms with Crippen LogP contribution < -0.4 is 0 Å². The molecular weight excluding hydrogens is 296 g/mol. The summed E-state index contributed by atoms with van der Waals surface area (Å²) in [5.74, 6) is -0.0744. The average molecular weight is 320 g/mol. The molecule has 2 amide bonds. The van der Waals surface area contributed by atoms with Crippen LogP contribution in [0, 0.1) is 0 Å². The Morgan fingerprint density at radius 3 is 2.70 bits per heavy atom. The lowest BCUT2D eigenvalue weighted by molar-refractivity contribution is -0.130. The Kier molecular flexibility index (Phi) is 6.93.